The van der Waals surface area contributed by atoms with Crippen LogP contribution in [0.25, 0.3) is 0 Å². The first-order valence-electron chi connectivity index (χ1n) is 19.4. The Morgan fingerprint density at radius 3 is 0.930 bits per heavy atom. The third-order valence-electron chi connectivity index (χ3n) is 8.05. The lowest BCUT2D eigenvalue weighted by molar-refractivity contribution is 0.308. The van der Waals surface area contributed by atoms with Crippen molar-refractivity contribution in [2.45, 2.75) is 202 Å². The van der Waals surface area contributed by atoms with Crippen LogP contribution >= 0.6 is 0 Å². The molecule has 0 bridgehead atoms. The molecule has 0 spiro atoms. The van der Waals surface area contributed by atoms with E-state index in [1.807, 2.05) is 0 Å². The predicted molar refractivity (Wildman–Crippen MR) is 207 cm³/mol. The normalized spacial score (nSPS) is 11.9. The highest BCUT2D eigenvalue weighted by molar-refractivity contribution is 4.62. The van der Waals surface area contributed by atoms with Gasteiger partial charge in [-0.1, -0.05) is 182 Å². The molecule has 0 saturated carbocycles. The second kappa shape index (κ2) is 38.1. The molecule has 43 heavy (non-hydrogen) atoms. The van der Waals surface area contributed by atoms with E-state index in [4.69, 9.17) is 0 Å². The zero-order valence-electron chi connectivity index (χ0n) is 34.8. The molecule has 0 radical (unpaired) electrons. The van der Waals surface area contributed by atoms with Crippen molar-refractivity contribution in [1.82, 2.24) is 4.90 Å². The average molecular weight is 614 g/mol. The van der Waals surface area contributed by atoms with Crippen molar-refractivity contribution in [3.8, 4) is 0 Å². The summed E-state index contributed by atoms with van der Waals surface area (Å²) in [4.78, 5) is 2.22. The van der Waals surface area contributed by atoms with Crippen molar-refractivity contribution < 1.29 is 0 Å². The summed E-state index contributed by atoms with van der Waals surface area (Å²) in [5, 5.41) is 0. The number of hydrogen-bond donors (Lipinski definition) is 0. The van der Waals surface area contributed by atoms with Crippen molar-refractivity contribution in [3.05, 3.63) is 0 Å². The molecule has 0 rings (SSSR count). The first-order chi connectivity index (χ1) is 19.8. The summed E-state index contributed by atoms with van der Waals surface area (Å²) in [6, 6.07) is 0. The van der Waals surface area contributed by atoms with E-state index in [2.05, 4.69) is 144 Å². The van der Waals surface area contributed by atoms with E-state index < -0.39 is 0 Å². The van der Waals surface area contributed by atoms with Crippen LogP contribution in [0.5, 0.6) is 0 Å². The molecular weight excluding hydrogens is 518 g/mol. The quantitative estimate of drug-likeness (QED) is 0.149. The first-order valence-corrected chi connectivity index (χ1v) is 19.4. The van der Waals surface area contributed by atoms with Gasteiger partial charge in [0.15, 0.2) is 0 Å². The molecular formula is C42H95N. The predicted octanol–water partition coefficient (Wildman–Crippen LogP) is 15.1. The summed E-state index contributed by atoms with van der Waals surface area (Å²) in [7, 11) is 4.23. The molecule has 268 valence electrons. The molecule has 0 saturated heterocycles. The molecule has 0 aromatic heterocycles. The van der Waals surface area contributed by atoms with E-state index in [1.165, 1.54) is 83.6 Å². The van der Waals surface area contributed by atoms with E-state index >= 15 is 0 Å². The van der Waals surface area contributed by atoms with Crippen molar-refractivity contribution in [2.24, 2.45) is 53.3 Å². The van der Waals surface area contributed by atoms with Crippen LogP contribution in [0.3, 0.4) is 0 Å². The summed E-state index contributed by atoms with van der Waals surface area (Å²) < 4.78 is 0. The van der Waals surface area contributed by atoms with Crippen molar-refractivity contribution >= 4 is 0 Å². The smallest absolute Gasteiger partial charge is 0.00224 e. The monoisotopic (exact) mass is 614 g/mol. The molecule has 1 atom stereocenters. The van der Waals surface area contributed by atoms with Gasteiger partial charge in [0.25, 0.3) is 0 Å². The molecule has 1 unspecified atom stereocenters. The molecule has 1 heteroatoms. The van der Waals surface area contributed by atoms with Gasteiger partial charge in [0.1, 0.15) is 0 Å². The van der Waals surface area contributed by atoms with Gasteiger partial charge < -0.3 is 4.90 Å². The van der Waals surface area contributed by atoms with Crippen molar-refractivity contribution in [1.29, 1.82) is 0 Å². The van der Waals surface area contributed by atoms with Gasteiger partial charge in [-0.15, -0.1) is 0 Å². The second-order valence-corrected chi connectivity index (χ2v) is 16.6. The first kappa shape index (κ1) is 52.5. The van der Waals surface area contributed by atoms with Gasteiger partial charge in [-0.25, -0.2) is 0 Å². The maximum atomic E-state index is 2.33. The molecule has 0 aromatic carbocycles. The van der Waals surface area contributed by atoms with Gasteiger partial charge in [0.05, 0.1) is 0 Å². The fourth-order valence-electron chi connectivity index (χ4n) is 4.87. The lowest BCUT2D eigenvalue weighted by Crippen LogP contribution is -2.14. The van der Waals surface area contributed by atoms with Crippen LogP contribution in [-0.2, 0) is 0 Å². The molecule has 0 aromatic rings. The fourth-order valence-corrected chi connectivity index (χ4v) is 4.87. The summed E-state index contributed by atoms with van der Waals surface area (Å²) in [5.41, 5.74) is 0. The van der Waals surface area contributed by atoms with Crippen LogP contribution in [0.1, 0.15) is 202 Å². The molecule has 0 heterocycles. The third kappa shape index (κ3) is 61.7. The highest BCUT2D eigenvalue weighted by Gasteiger charge is 2.11. The van der Waals surface area contributed by atoms with Crippen LogP contribution in [0.4, 0.5) is 0 Å². The van der Waals surface area contributed by atoms with Crippen LogP contribution in [0.2, 0.25) is 0 Å². The minimum absolute atomic E-state index is 0.845. The zero-order chi connectivity index (χ0) is 35.0. The lowest BCUT2D eigenvalue weighted by Gasteiger charge is -2.20. The topological polar surface area (TPSA) is 3.24 Å². The molecule has 0 fully saturated rings. The molecule has 1 nitrogen and oxygen atoms in total. The fraction of sp³-hybridized carbons (Fsp3) is 1.00. The highest BCUT2D eigenvalue weighted by atomic mass is 15.0. The Morgan fingerprint density at radius 2 is 0.791 bits per heavy atom. The standard InChI is InChI=1S/C10H22.2C9H20.C7H17N.C7H16/c1-6-10(9(4)5)7-8(2)3;1-8(2)6-5-7-9(3)4;1-5-9(6-2)7-8(3)4;1-7(2)5-6-8(3)4;1-4-5-6-7(2)3/h8-10H,6-7H2,1-5H3;2*8-9H,5-7H2,1-4H3;7H,5-6H2,1-4H3;7H,4-6H2,1-3H3. The van der Waals surface area contributed by atoms with Crippen molar-refractivity contribution in [3.63, 3.8) is 0 Å². The Hall–Kier alpha value is -0.0400. The number of nitrogens with zero attached hydrogens (tertiary/aromatic N) is 1. The maximum Gasteiger partial charge on any atom is -0.00224 e. The van der Waals surface area contributed by atoms with Crippen LogP contribution in [-0.4, -0.2) is 25.5 Å². The lowest BCUT2D eigenvalue weighted by atomic mass is 9.86. The Bertz CT molecular complexity index is 438. The van der Waals surface area contributed by atoms with E-state index in [1.54, 1.807) is 0 Å². The zero-order valence-corrected chi connectivity index (χ0v) is 34.8. The Labute approximate surface area is 279 Å². The van der Waals surface area contributed by atoms with Gasteiger partial charge in [0, 0.05) is 0 Å². The number of rotatable bonds is 18. The number of hydrogen-bond acceptors (Lipinski definition) is 1. The third-order valence-corrected chi connectivity index (χ3v) is 8.05. The molecule has 0 amide bonds. The van der Waals surface area contributed by atoms with Crippen molar-refractivity contribution in [2.75, 3.05) is 20.6 Å². The van der Waals surface area contributed by atoms with E-state index in [9.17, 15) is 0 Å². The van der Waals surface area contributed by atoms with Gasteiger partial charge in [-0.05, 0) is 93.2 Å². The largest absolute Gasteiger partial charge is 0.309 e. The minimum Gasteiger partial charge on any atom is -0.309 e. The molecule has 0 aliphatic heterocycles. The highest BCUT2D eigenvalue weighted by Crippen LogP contribution is 2.22. The van der Waals surface area contributed by atoms with Gasteiger partial charge in [-0.3, -0.25) is 0 Å². The van der Waals surface area contributed by atoms with Gasteiger partial charge in [0.2, 0.25) is 0 Å². The summed E-state index contributed by atoms with van der Waals surface area (Å²) in [6.07, 6.45) is 16.5. The molecule has 0 aliphatic rings. The molecule has 0 aliphatic carbocycles. The van der Waals surface area contributed by atoms with Gasteiger partial charge >= 0.3 is 0 Å². The Morgan fingerprint density at radius 1 is 0.419 bits per heavy atom. The van der Waals surface area contributed by atoms with Gasteiger partial charge in [-0.2, -0.15) is 0 Å². The van der Waals surface area contributed by atoms with E-state index in [-0.39, 0.29) is 0 Å². The van der Waals surface area contributed by atoms with Crippen LogP contribution in [0, 0.1) is 53.3 Å². The summed E-state index contributed by atoms with van der Waals surface area (Å²) >= 11 is 0. The van der Waals surface area contributed by atoms with E-state index in [0.717, 1.165) is 53.3 Å². The Kier molecular flexibility index (Phi) is 46.6. The Balaban J connectivity index is -0.000000141. The van der Waals surface area contributed by atoms with Crippen LogP contribution < -0.4 is 0 Å². The van der Waals surface area contributed by atoms with Crippen LogP contribution in [0.15, 0.2) is 0 Å². The minimum atomic E-state index is 0.845. The SMILES string of the molecule is CC(C)CCCC(C)C.CC(C)CCN(C)C.CCC(CC(C)C)C(C)C.CCC(CC)CC(C)C.CCCCC(C)C. The number of unbranched alkanes of at least 4 members (excludes halogenated alkanes) is 1. The molecule has 0 N–H and O–H groups in total. The average Bonchev–Trinajstić information content (AvgIpc) is 2.88. The summed E-state index contributed by atoms with van der Waals surface area (Å²) in [6.45, 7) is 42.4. The second-order valence-electron chi connectivity index (χ2n) is 16.6. The van der Waals surface area contributed by atoms with E-state index in [0.29, 0.717) is 0 Å². The summed E-state index contributed by atoms with van der Waals surface area (Å²) in [5.74, 6) is 8.07. The maximum absolute atomic E-state index is 2.33.